The maximum Gasteiger partial charge on any atom is 0.261 e. The van der Waals surface area contributed by atoms with Crippen molar-refractivity contribution in [2.24, 2.45) is 0 Å². The topological polar surface area (TPSA) is 130 Å². The number of halogens is 1. The SMILES string of the molecule is CCCCCCCCS(=O)(=O)Nc1ccccc1OC(C)C(=O)NC(C)(C)C(C)(C)c1nnc2c(Cl)c(C(C)(C)C)[nH]n12. The molecule has 43 heavy (non-hydrogen) atoms. The molecular formula is C31H49ClN6O4S. The van der Waals surface area contributed by atoms with Gasteiger partial charge in [0.2, 0.25) is 10.0 Å². The lowest BCUT2D eigenvalue weighted by molar-refractivity contribution is -0.129. The van der Waals surface area contributed by atoms with Crippen LogP contribution in [0.5, 0.6) is 5.75 Å². The number of unbranched alkanes of at least 4 members (excludes halogenated alkanes) is 5. The van der Waals surface area contributed by atoms with Crippen LogP contribution in [0.4, 0.5) is 5.69 Å². The van der Waals surface area contributed by atoms with E-state index in [1.807, 2.05) is 27.7 Å². The van der Waals surface area contributed by atoms with Crippen LogP contribution >= 0.6 is 11.6 Å². The maximum absolute atomic E-state index is 13.4. The van der Waals surface area contributed by atoms with E-state index in [-0.39, 0.29) is 22.8 Å². The summed E-state index contributed by atoms with van der Waals surface area (Å²) < 4.78 is 36.0. The number of aromatic amines is 1. The molecule has 240 valence electrons. The highest BCUT2D eigenvalue weighted by Crippen LogP contribution is 2.37. The molecule has 12 heteroatoms. The van der Waals surface area contributed by atoms with Crippen LogP contribution in [0.1, 0.15) is 112 Å². The highest BCUT2D eigenvalue weighted by Gasteiger charge is 2.44. The summed E-state index contributed by atoms with van der Waals surface area (Å²) in [5.41, 5.74) is -0.0476. The Hall–Kier alpha value is -2.79. The van der Waals surface area contributed by atoms with Gasteiger partial charge in [0.1, 0.15) is 10.8 Å². The van der Waals surface area contributed by atoms with Gasteiger partial charge in [-0.15, -0.1) is 10.2 Å². The van der Waals surface area contributed by atoms with Crippen LogP contribution in [0, 0.1) is 0 Å². The number of nitrogens with one attached hydrogen (secondary N) is 3. The van der Waals surface area contributed by atoms with Gasteiger partial charge >= 0.3 is 0 Å². The number of nitrogens with zero attached hydrogens (tertiary/aromatic N) is 3. The molecule has 0 saturated carbocycles. The van der Waals surface area contributed by atoms with Crippen LogP contribution in [0.25, 0.3) is 5.65 Å². The van der Waals surface area contributed by atoms with Gasteiger partial charge in [0.15, 0.2) is 17.6 Å². The zero-order valence-electron chi connectivity index (χ0n) is 27.1. The molecule has 0 saturated heterocycles. The molecule has 1 unspecified atom stereocenters. The van der Waals surface area contributed by atoms with Gasteiger partial charge in [-0.3, -0.25) is 14.6 Å². The van der Waals surface area contributed by atoms with Gasteiger partial charge in [0.25, 0.3) is 5.91 Å². The van der Waals surface area contributed by atoms with Crippen LogP contribution in [0.15, 0.2) is 24.3 Å². The molecule has 0 aliphatic rings. The quantitative estimate of drug-likeness (QED) is 0.158. The predicted molar refractivity (Wildman–Crippen MR) is 174 cm³/mol. The lowest BCUT2D eigenvalue weighted by atomic mass is 9.73. The molecule has 10 nitrogen and oxygen atoms in total. The van der Waals surface area contributed by atoms with Gasteiger partial charge in [0, 0.05) is 16.4 Å². The molecule has 1 amide bonds. The molecule has 1 aromatic carbocycles. The summed E-state index contributed by atoms with van der Waals surface area (Å²) in [4.78, 5) is 13.4. The first kappa shape index (κ1) is 34.7. The number of carbonyl (C=O) groups is 1. The first-order valence-electron chi connectivity index (χ1n) is 15.1. The summed E-state index contributed by atoms with van der Waals surface area (Å²) >= 11 is 6.64. The Morgan fingerprint density at radius 3 is 2.30 bits per heavy atom. The van der Waals surface area contributed by atoms with Crippen molar-refractivity contribution >= 4 is 38.9 Å². The number of anilines is 1. The van der Waals surface area contributed by atoms with Gasteiger partial charge in [0.05, 0.1) is 17.1 Å². The Morgan fingerprint density at radius 2 is 1.65 bits per heavy atom. The number of para-hydroxylation sites is 2. The summed E-state index contributed by atoms with van der Waals surface area (Å²) in [6.45, 7) is 17.8. The number of benzene rings is 1. The fraction of sp³-hybridized carbons (Fsp3) is 0.645. The van der Waals surface area contributed by atoms with Crippen molar-refractivity contribution in [3.8, 4) is 5.75 Å². The van der Waals surface area contributed by atoms with Crippen LogP contribution in [-0.4, -0.2) is 51.5 Å². The number of hydrogen-bond acceptors (Lipinski definition) is 6. The summed E-state index contributed by atoms with van der Waals surface area (Å²) in [5.74, 6) is 0.572. The van der Waals surface area contributed by atoms with E-state index in [9.17, 15) is 13.2 Å². The summed E-state index contributed by atoms with van der Waals surface area (Å²) in [6, 6.07) is 6.75. The number of ether oxygens (including phenoxy) is 1. The second-order valence-corrected chi connectivity index (χ2v) is 15.6. The van der Waals surface area contributed by atoms with E-state index in [0.29, 0.717) is 28.6 Å². The van der Waals surface area contributed by atoms with Crippen molar-refractivity contribution in [2.45, 2.75) is 123 Å². The fourth-order valence-corrected chi connectivity index (χ4v) is 6.38. The first-order valence-corrected chi connectivity index (χ1v) is 17.2. The maximum atomic E-state index is 13.4. The fourth-order valence-electron chi connectivity index (χ4n) is 4.74. The number of amides is 1. The zero-order chi connectivity index (χ0) is 32.2. The normalized spacial score (nSPS) is 13.7. The second kappa shape index (κ2) is 13.5. The van der Waals surface area contributed by atoms with Crippen LogP contribution in [-0.2, 0) is 25.6 Å². The van der Waals surface area contributed by atoms with Gasteiger partial charge in [-0.05, 0) is 39.3 Å². The third kappa shape index (κ3) is 8.23. The standard InChI is InChI=1S/C31H49ClN6O4S/c1-10-11-12-13-14-17-20-43(40,41)37-22-18-15-16-19-23(22)42-21(2)27(39)33-31(8,9)30(6,7)28-35-34-26-24(32)25(29(3,4)5)36-38(26)28/h15-16,18-19,21,36-37H,10-14,17,20H2,1-9H3,(H,33,39). The highest BCUT2D eigenvalue weighted by molar-refractivity contribution is 7.92. The minimum Gasteiger partial charge on any atom is -0.479 e. The summed E-state index contributed by atoms with van der Waals surface area (Å²) in [5, 5.41) is 15.7. The smallest absolute Gasteiger partial charge is 0.261 e. The van der Waals surface area contributed by atoms with Crippen molar-refractivity contribution in [1.29, 1.82) is 0 Å². The monoisotopic (exact) mass is 636 g/mol. The van der Waals surface area contributed by atoms with Crippen molar-refractivity contribution in [2.75, 3.05) is 10.5 Å². The van der Waals surface area contributed by atoms with Crippen LogP contribution in [0.2, 0.25) is 5.02 Å². The predicted octanol–water partition coefficient (Wildman–Crippen LogP) is 6.75. The lowest BCUT2D eigenvalue weighted by Crippen LogP contribution is -2.58. The van der Waals surface area contributed by atoms with Crippen molar-refractivity contribution in [3.63, 3.8) is 0 Å². The Balaban J connectivity index is 1.71. The average Bonchev–Trinajstić information content (AvgIpc) is 3.47. The number of H-pyrrole nitrogens is 1. The highest BCUT2D eigenvalue weighted by atomic mass is 35.5. The molecule has 3 rings (SSSR count). The molecule has 2 heterocycles. The minimum absolute atomic E-state index is 0.0337. The molecule has 0 spiro atoms. The Labute approximate surface area is 261 Å². The molecule has 1 atom stereocenters. The van der Waals surface area contributed by atoms with Crippen LogP contribution in [0.3, 0.4) is 0 Å². The van der Waals surface area contributed by atoms with Gasteiger partial charge < -0.3 is 10.1 Å². The molecule has 3 N–H and O–H groups in total. The molecule has 0 aliphatic heterocycles. The van der Waals surface area contributed by atoms with Gasteiger partial charge in [-0.1, -0.05) is 97.4 Å². The second-order valence-electron chi connectivity index (χ2n) is 13.4. The molecular weight excluding hydrogens is 588 g/mol. The van der Waals surface area contributed by atoms with Crippen molar-refractivity contribution < 1.29 is 17.9 Å². The van der Waals surface area contributed by atoms with E-state index in [4.69, 9.17) is 16.3 Å². The summed E-state index contributed by atoms with van der Waals surface area (Å²) in [6.07, 6.45) is 5.02. The van der Waals surface area contributed by atoms with Crippen LogP contribution < -0.4 is 14.8 Å². The Kier molecular flexibility index (Phi) is 10.9. The third-order valence-electron chi connectivity index (χ3n) is 8.20. The van der Waals surface area contributed by atoms with E-state index < -0.39 is 27.1 Å². The van der Waals surface area contributed by atoms with E-state index in [1.165, 1.54) is 6.42 Å². The zero-order valence-corrected chi connectivity index (χ0v) is 28.7. The molecule has 0 bridgehead atoms. The summed E-state index contributed by atoms with van der Waals surface area (Å²) in [7, 11) is -3.57. The van der Waals surface area contributed by atoms with E-state index in [1.54, 1.807) is 35.7 Å². The lowest BCUT2D eigenvalue weighted by Gasteiger charge is -2.41. The number of hydrogen-bond donors (Lipinski definition) is 3. The average molecular weight is 637 g/mol. The number of carbonyl (C=O) groups excluding carboxylic acids is 1. The molecule has 3 aromatic rings. The Bertz CT molecular complexity index is 1500. The number of sulfonamides is 1. The van der Waals surface area contributed by atoms with E-state index in [0.717, 1.165) is 31.4 Å². The van der Waals surface area contributed by atoms with Crippen molar-refractivity contribution in [3.05, 3.63) is 40.8 Å². The third-order valence-corrected chi connectivity index (χ3v) is 9.92. The molecule has 2 aromatic heterocycles. The number of aromatic nitrogens is 4. The minimum atomic E-state index is -3.57. The first-order chi connectivity index (χ1) is 19.9. The molecule has 0 fully saturated rings. The Morgan fingerprint density at radius 1 is 1.02 bits per heavy atom. The van der Waals surface area contributed by atoms with E-state index in [2.05, 4.69) is 53.0 Å². The number of rotatable bonds is 15. The molecule has 0 aliphatic carbocycles. The van der Waals surface area contributed by atoms with Gasteiger partial charge in [-0.25, -0.2) is 12.9 Å². The van der Waals surface area contributed by atoms with Crippen molar-refractivity contribution in [1.82, 2.24) is 25.1 Å². The van der Waals surface area contributed by atoms with E-state index >= 15 is 0 Å². The molecule has 0 radical (unpaired) electrons. The number of fused-ring (bicyclic) bond motifs is 1. The largest absolute Gasteiger partial charge is 0.479 e. The van der Waals surface area contributed by atoms with Gasteiger partial charge in [-0.2, -0.15) is 0 Å².